The molecule has 2 heterocycles. The second kappa shape index (κ2) is 3.96. The van der Waals surface area contributed by atoms with Crippen molar-refractivity contribution in [3.8, 4) is 6.07 Å². The van der Waals surface area contributed by atoms with Gasteiger partial charge in [0.05, 0.1) is 5.69 Å². The standard InChI is InChI=1S/C14H15N3S/c1-7-3-4-9-8(2)17-14-12(10(9)5-7)13(16)11(6-15)18-14/h7H,3-5,16H2,1-2H3/t7-/m1/s1. The molecule has 0 fully saturated rings. The first kappa shape index (κ1) is 11.5. The maximum atomic E-state index is 9.10. The first-order valence-electron chi connectivity index (χ1n) is 6.22. The van der Waals surface area contributed by atoms with Crippen LogP contribution >= 0.6 is 11.3 Å². The van der Waals surface area contributed by atoms with Crippen molar-refractivity contribution < 1.29 is 0 Å². The normalized spacial score (nSPS) is 18.6. The smallest absolute Gasteiger partial charge is 0.130 e. The quantitative estimate of drug-likeness (QED) is 0.788. The first-order valence-corrected chi connectivity index (χ1v) is 7.04. The maximum absolute atomic E-state index is 9.10. The van der Waals surface area contributed by atoms with Crippen molar-refractivity contribution in [2.24, 2.45) is 5.92 Å². The van der Waals surface area contributed by atoms with Crippen LogP contribution in [0.15, 0.2) is 0 Å². The Morgan fingerprint density at radius 3 is 2.94 bits per heavy atom. The summed E-state index contributed by atoms with van der Waals surface area (Å²) in [6, 6.07) is 2.18. The molecule has 0 saturated carbocycles. The first-order chi connectivity index (χ1) is 8.61. The van der Waals surface area contributed by atoms with Crippen LogP contribution in [0.3, 0.4) is 0 Å². The molecule has 1 aliphatic rings. The summed E-state index contributed by atoms with van der Waals surface area (Å²) in [6.45, 7) is 4.34. The molecule has 2 aromatic heterocycles. The monoisotopic (exact) mass is 257 g/mol. The number of aromatic nitrogens is 1. The van der Waals surface area contributed by atoms with E-state index in [2.05, 4.69) is 24.9 Å². The molecule has 0 bridgehead atoms. The van der Waals surface area contributed by atoms with E-state index in [1.807, 2.05) is 0 Å². The molecule has 0 amide bonds. The van der Waals surface area contributed by atoms with Crippen LogP contribution in [-0.2, 0) is 12.8 Å². The highest BCUT2D eigenvalue weighted by Crippen LogP contribution is 2.40. The lowest BCUT2D eigenvalue weighted by molar-refractivity contribution is 0.501. The van der Waals surface area contributed by atoms with Gasteiger partial charge in [-0.25, -0.2) is 4.98 Å². The third-order valence-electron chi connectivity index (χ3n) is 3.84. The summed E-state index contributed by atoms with van der Waals surface area (Å²) in [6.07, 6.45) is 3.36. The van der Waals surface area contributed by atoms with Crippen molar-refractivity contribution >= 4 is 27.2 Å². The topological polar surface area (TPSA) is 62.7 Å². The average Bonchev–Trinajstić information content (AvgIpc) is 2.65. The van der Waals surface area contributed by atoms with Gasteiger partial charge in [0.15, 0.2) is 0 Å². The minimum absolute atomic E-state index is 0.600. The van der Waals surface area contributed by atoms with E-state index in [0.717, 1.165) is 28.8 Å². The molecule has 3 nitrogen and oxygen atoms in total. The molecule has 0 aliphatic heterocycles. The minimum atomic E-state index is 0.600. The van der Waals surface area contributed by atoms with Crippen LogP contribution in [-0.4, -0.2) is 4.98 Å². The van der Waals surface area contributed by atoms with Gasteiger partial charge in [-0.15, -0.1) is 11.3 Å². The van der Waals surface area contributed by atoms with Crippen LogP contribution < -0.4 is 5.73 Å². The molecule has 0 unspecified atom stereocenters. The lowest BCUT2D eigenvalue weighted by Gasteiger charge is -2.23. The van der Waals surface area contributed by atoms with Crippen molar-refractivity contribution in [1.29, 1.82) is 5.26 Å². The number of aryl methyl sites for hydroxylation is 1. The molecular formula is C14H15N3S. The number of hydrogen-bond acceptors (Lipinski definition) is 4. The Kier molecular flexibility index (Phi) is 2.53. The number of nitrogens with two attached hydrogens (primary N) is 1. The van der Waals surface area contributed by atoms with Crippen molar-refractivity contribution in [3.63, 3.8) is 0 Å². The Balaban J connectivity index is 2.39. The largest absolute Gasteiger partial charge is 0.396 e. The molecule has 0 spiro atoms. The number of thiophene rings is 1. The van der Waals surface area contributed by atoms with Crippen LogP contribution in [0.5, 0.6) is 0 Å². The second-order valence-electron chi connectivity index (χ2n) is 5.14. The van der Waals surface area contributed by atoms with Crippen LogP contribution in [0, 0.1) is 24.2 Å². The molecule has 0 radical (unpaired) electrons. The van der Waals surface area contributed by atoms with Crippen molar-refractivity contribution in [2.75, 3.05) is 5.73 Å². The van der Waals surface area contributed by atoms with Crippen LogP contribution in [0.25, 0.3) is 10.2 Å². The van der Waals surface area contributed by atoms with Crippen molar-refractivity contribution in [2.45, 2.75) is 33.1 Å². The van der Waals surface area contributed by atoms with E-state index >= 15 is 0 Å². The predicted octanol–water partition coefficient (Wildman–Crippen LogP) is 3.18. The van der Waals surface area contributed by atoms with Gasteiger partial charge in [-0.05, 0) is 43.2 Å². The van der Waals surface area contributed by atoms with Gasteiger partial charge in [-0.2, -0.15) is 5.26 Å². The number of nitriles is 1. The Labute approximate surface area is 110 Å². The van der Waals surface area contributed by atoms with Gasteiger partial charge in [0.25, 0.3) is 0 Å². The molecule has 2 aromatic rings. The average molecular weight is 257 g/mol. The fourth-order valence-corrected chi connectivity index (χ4v) is 3.84. The summed E-state index contributed by atoms with van der Waals surface area (Å²) in [4.78, 5) is 6.16. The molecule has 0 aromatic carbocycles. The zero-order valence-corrected chi connectivity index (χ0v) is 11.4. The molecule has 18 heavy (non-hydrogen) atoms. The van der Waals surface area contributed by atoms with E-state index in [-0.39, 0.29) is 0 Å². The summed E-state index contributed by atoms with van der Waals surface area (Å²) < 4.78 is 0. The lowest BCUT2D eigenvalue weighted by atomic mass is 9.83. The van der Waals surface area contributed by atoms with Crippen molar-refractivity contribution in [1.82, 2.24) is 4.98 Å². The molecule has 4 heteroatoms. The van der Waals surface area contributed by atoms with Gasteiger partial charge in [0.2, 0.25) is 0 Å². The number of nitrogen functional groups attached to an aromatic ring is 1. The zero-order chi connectivity index (χ0) is 12.9. The molecule has 2 N–H and O–H groups in total. The van der Waals surface area contributed by atoms with Gasteiger partial charge in [-0.3, -0.25) is 0 Å². The fraction of sp³-hybridized carbons (Fsp3) is 0.429. The fourth-order valence-electron chi connectivity index (χ4n) is 2.87. The number of hydrogen-bond donors (Lipinski definition) is 1. The van der Waals surface area contributed by atoms with E-state index in [0.29, 0.717) is 16.5 Å². The molecule has 0 saturated heterocycles. The molecular weight excluding hydrogens is 242 g/mol. The summed E-state index contributed by atoms with van der Waals surface area (Å²) in [5, 5.41) is 10.1. The second-order valence-corrected chi connectivity index (χ2v) is 6.14. The number of anilines is 1. The molecule has 92 valence electrons. The highest BCUT2D eigenvalue weighted by molar-refractivity contribution is 7.19. The molecule has 1 aliphatic carbocycles. The van der Waals surface area contributed by atoms with Gasteiger partial charge in [-0.1, -0.05) is 6.92 Å². The predicted molar refractivity (Wildman–Crippen MR) is 74.7 cm³/mol. The number of pyridine rings is 1. The van der Waals surface area contributed by atoms with Crippen LogP contribution in [0.4, 0.5) is 5.69 Å². The summed E-state index contributed by atoms with van der Waals surface area (Å²) >= 11 is 1.41. The SMILES string of the molecule is Cc1nc2sc(C#N)c(N)c2c2c1CC[C@@H](C)C2. The highest BCUT2D eigenvalue weighted by Gasteiger charge is 2.23. The molecule has 1 atom stereocenters. The van der Waals surface area contributed by atoms with Gasteiger partial charge in [0, 0.05) is 11.1 Å². The van der Waals surface area contributed by atoms with Crippen molar-refractivity contribution in [3.05, 3.63) is 21.7 Å². The number of rotatable bonds is 0. The van der Waals surface area contributed by atoms with E-state index in [1.54, 1.807) is 0 Å². The summed E-state index contributed by atoms with van der Waals surface area (Å²) in [5.41, 5.74) is 10.6. The Hall–Kier alpha value is -1.60. The van der Waals surface area contributed by atoms with E-state index in [9.17, 15) is 0 Å². The van der Waals surface area contributed by atoms with Crippen LogP contribution in [0.2, 0.25) is 0 Å². The Bertz CT molecular complexity index is 679. The number of fused-ring (bicyclic) bond motifs is 3. The van der Waals surface area contributed by atoms with Gasteiger partial charge < -0.3 is 5.73 Å². The zero-order valence-electron chi connectivity index (χ0n) is 10.6. The van der Waals surface area contributed by atoms with Crippen LogP contribution in [0.1, 0.15) is 35.0 Å². The van der Waals surface area contributed by atoms with Gasteiger partial charge >= 0.3 is 0 Å². The third-order valence-corrected chi connectivity index (χ3v) is 4.84. The third kappa shape index (κ3) is 1.51. The minimum Gasteiger partial charge on any atom is -0.396 e. The van der Waals surface area contributed by atoms with E-state index in [4.69, 9.17) is 11.0 Å². The molecule has 3 rings (SSSR count). The lowest BCUT2D eigenvalue weighted by Crippen LogP contribution is -2.14. The Morgan fingerprint density at radius 2 is 2.22 bits per heavy atom. The van der Waals surface area contributed by atoms with E-state index in [1.165, 1.54) is 28.9 Å². The van der Waals surface area contributed by atoms with Gasteiger partial charge in [0.1, 0.15) is 15.8 Å². The van der Waals surface area contributed by atoms with E-state index < -0.39 is 0 Å². The Morgan fingerprint density at radius 1 is 1.44 bits per heavy atom. The summed E-state index contributed by atoms with van der Waals surface area (Å²) in [7, 11) is 0. The summed E-state index contributed by atoms with van der Waals surface area (Å²) in [5.74, 6) is 0.687. The number of nitrogens with zero attached hydrogens (tertiary/aromatic N) is 2. The highest BCUT2D eigenvalue weighted by atomic mass is 32.1. The maximum Gasteiger partial charge on any atom is 0.130 e.